The van der Waals surface area contributed by atoms with Crippen LogP contribution in [0.25, 0.3) is 11.4 Å². The minimum absolute atomic E-state index is 0.253. The van der Waals surface area contributed by atoms with E-state index < -0.39 is 6.10 Å². The minimum Gasteiger partial charge on any atom is -0.487 e. The molecule has 0 spiro atoms. The van der Waals surface area contributed by atoms with Gasteiger partial charge >= 0.3 is 0 Å². The van der Waals surface area contributed by atoms with Gasteiger partial charge in [-0.05, 0) is 55.8 Å². The molecule has 3 aliphatic rings. The number of piperazine rings is 1. The van der Waals surface area contributed by atoms with Gasteiger partial charge in [0.2, 0.25) is 5.95 Å². The molecule has 3 aliphatic heterocycles. The summed E-state index contributed by atoms with van der Waals surface area (Å²) in [6.07, 6.45) is 1.90. The van der Waals surface area contributed by atoms with Gasteiger partial charge in [-0.3, -0.25) is 9.69 Å². The Morgan fingerprint density at radius 2 is 1.93 bits per heavy atom. The number of aromatic nitrogens is 3. The first-order valence-corrected chi connectivity index (χ1v) is 14.8. The van der Waals surface area contributed by atoms with Crippen molar-refractivity contribution in [1.29, 1.82) is 5.26 Å². The Balaban J connectivity index is 1.07. The summed E-state index contributed by atoms with van der Waals surface area (Å²) in [5.74, 6) is 0.945. The monoisotopic (exact) mass is 584 g/mol. The molecule has 3 fully saturated rings. The number of likely N-dealkylation sites (tertiary alicyclic amines) is 1. The van der Waals surface area contributed by atoms with Gasteiger partial charge in [0.05, 0.1) is 18.7 Å². The molecule has 1 aromatic heterocycles. The van der Waals surface area contributed by atoms with Gasteiger partial charge < -0.3 is 29.7 Å². The normalized spacial score (nSPS) is 21.4. The highest BCUT2D eigenvalue weighted by Gasteiger charge is 2.30. The van der Waals surface area contributed by atoms with Crippen molar-refractivity contribution >= 4 is 23.2 Å². The molecule has 43 heavy (non-hydrogen) atoms. The van der Waals surface area contributed by atoms with Gasteiger partial charge in [-0.15, -0.1) is 0 Å². The lowest BCUT2D eigenvalue weighted by Gasteiger charge is -2.38. The number of nitrogens with one attached hydrogen (secondary N) is 1. The van der Waals surface area contributed by atoms with Crippen LogP contribution in [-0.4, -0.2) is 106 Å². The van der Waals surface area contributed by atoms with Crippen LogP contribution in [-0.2, 0) is 9.53 Å². The van der Waals surface area contributed by atoms with Crippen molar-refractivity contribution in [1.82, 2.24) is 24.8 Å². The lowest BCUT2D eigenvalue weighted by Crippen LogP contribution is -2.50. The number of hydrogen-bond acceptors (Lipinski definition) is 11. The van der Waals surface area contributed by atoms with E-state index in [0.29, 0.717) is 54.2 Å². The summed E-state index contributed by atoms with van der Waals surface area (Å²) in [7, 11) is 0. The molecule has 224 valence electrons. The summed E-state index contributed by atoms with van der Waals surface area (Å²) in [4.78, 5) is 31.8. The van der Waals surface area contributed by atoms with Crippen molar-refractivity contribution < 1.29 is 19.4 Å². The number of nitriles is 1. The first kappa shape index (κ1) is 28.8. The molecule has 6 rings (SSSR count). The molecule has 0 saturated carbocycles. The van der Waals surface area contributed by atoms with Crippen molar-refractivity contribution in [3.63, 3.8) is 0 Å². The van der Waals surface area contributed by atoms with Crippen LogP contribution in [0.15, 0.2) is 48.8 Å². The molecule has 12 nitrogen and oxygen atoms in total. The summed E-state index contributed by atoms with van der Waals surface area (Å²) in [6.45, 7) is 8.15. The van der Waals surface area contributed by atoms with Gasteiger partial charge in [-0.1, -0.05) is 0 Å². The van der Waals surface area contributed by atoms with Crippen molar-refractivity contribution in [3.05, 3.63) is 54.4 Å². The number of benzene rings is 2. The van der Waals surface area contributed by atoms with Crippen LogP contribution in [0.5, 0.6) is 5.75 Å². The maximum absolute atomic E-state index is 12.1. The number of rotatable bonds is 8. The van der Waals surface area contributed by atoms with Gasteiger partial charge in [0.1, 0.15) is 30.4 Å². The maximum atomic E-state index is 12.1. The molecule has 3 saturated heterocycles. The number of ether oxygens (including phenoxy) is 2. The zero-order valence-corrected chi connectivity index (χ0v) is 24.2. The molecule has 1 amide bonds. The molecule has 3 atom stereocenters. The zero-order chi connectivity index (χ0) is 29.8. The van der Waals surface area contributed by atoms with Gasteiger partial charge in [0.25, 0.3) is 5.91 Å². The first-order chi connectivity index (χ1) is 21.0. The first-order valence-electron chi connectivity index (χ1n) is 14.8. The standard InChI is InChI=1S/C31H36N8O4/c1-21(40)30(41)39-10-8-27(18-39)43-28-7-2-22(16-23(28)17-32)29-33-20-34-31(36-29)35-24-3-5-25(6-4-24)37-11-13-38(14-12-37)26-9-15-42-19-26/h2-7,16,20-21,26-27,40H,8-15,18-19H2,1H3,(H,33,34,35,36)/t21-,26?,27-/m1/s1. The fourth-order valence-electron chi connectivity index (χ4n) is 5.86. The molecular weight excluding hydrogens is 548 g/mol. The van der Waals surface area contributed by atoms with Crippen LogP contribution in [0.4, 0.5) is 17.3 Å². The number of anilines is 3. The van der Waals surface area contributed by atoms with Crippen LogP contribution in [0, 0.1) is 11.3 Å². The summed E-state index contributed by atoms with van der Waals surface area (Å²) < 4.78 is 11.6. The van der Waals surface area contributed by atoms with Gasteiger partial charge in [0, 0.05) is 68.7 Å². The third-order valence-corrected chi connectivity index (χ3v) is 8.26. The second-order valence-electron chi connectivity index (χ2n) is 11.2. The Kier molecular flexibility index (Phi) is 8.64. The number of nitrogens with zero attached hydrogens (tertiary/aromatic N) is 7. The lowest BCUT2D eigenvalue weighted by molar-refractivity contribution is -0.138. The highest BCUT2D eigenvalue weighted by atomic mass is 16.5. The van der Waals surface area contributed by atoms with E-state index in [4.69, 9.17) is 9.47 Å². The van der Waals surface area contributed by atoms with Crippen LogP contribution < -0.4 is 15.0 Å². The number of hydrogen-bond donors (Lipinski definition) is 2. The average molecular weight is 585 g/mol. The van der Waals surface area contributed by atoms with E-state index in [0.717, 1.165) is 51.5 Å². The molecule has 12 heteroatoms. The quantitative estimate of drug-likeness (QED) is 0.403. The molecule has 1 unspecified atom stereocenters. The van der Waals surface area contributed by atoms with E-state index >= 15 is 0 Å². The zero-order valence-electron chi connectivity index (χ0n) is 24.2. The van der Waals surface area contributed by atoms with Crippen molar-refractivity contribution in [2.75, 3.05) is 62.7 Å². The van der Waals surface area contributed by atoms with Gasteiger partial charge in [0.15, 0.2) is 5.82 Å². The largest absolute Gasteiger partial charge is 0.487 e. The lowest BCUT2D eigenvalue weighted by atomic mass is 10.1. The Labute approximate surface area is 250 Å². The van der Waals surface area contributed by atoms with Crippen molar-refractivity contribution in [2.24, 2.45) is 0 Å². The number of amides is 1. The Bertz CT molecular complexity index is 1460. The molecule has 3 aromatic rings. The van der Waals surface area contributed by atoms with Crippen molar-refractivity contribution in [3.8, 4) is 23.2 Å². The number of aliphatic hydroxyl groups excluding tert-OH is 1. The fraction of sp³-hybridized carbons (Fsp3) is 0.452. The maximum Gasteiger partial charge on any atom is 0.251 e. The van der Waals surface area contributed by atoms with E-state index in [1.165, 1.54) is 18.9 Å². The molecule has 0 bridgehead atoms. The van der Waals surface area contributed by atoms with Crippen LogP contribution in [0.3, 0.4) is 0 Å². The fourth-order valence-corrected chi connectivity index (χ4v) is 5.86. The smallest absolute Gasteiger partial charge is 0.251 e. The molecule has 0 radical (unpaired) electrons. The summed E-state index contributed by atoms with van der Waals surface area (Å²) in [6, 6.07) is 16.2. The third kappa shape index (κ3) is 6.69. The number of aliphatic hydroxyl groups is 1. The molecule has 4 heterocycles. The van der Waals surface area contributed by atoms with Crippen LogP contribution in [0.1, 0.15) is 25.3 Å². The molecular formula is C31H36N8O4. The second-order valence-corrected chi connectivity index (χ2v) is 11.2. The molecule has 0 aliphatic carbocycles. The Morgan fingerprint density at radius 3 is 2.65 bits per heavy atom. The highest BCUT2D eigenvalue weighted by molar-refractivity contribution is 5.80. The highest BCUT2D eigenvalue weighted by Crippen LogP contribution is 2.28. The van der Waals surface area contributed by atoms with E-state index in [1.54, 1.807) is 23.1 Å². The molecule has 2 N–H and O–H groups in total. The SMILES string of the molecule is C[C@@H](O)C(=O)N1CC[C@@H](Oc2ccc(-c3ncnc(Nc4ccc(N5CCN(C6CCOC6)CC5)cc4)n3)cc2C#N)C1. The second kappa shape index (κ2) is 12.9. The predicted molar refractivity (Wildman–Crippen MR) is 160 cm³/mol. The van der Waals surface area contributed by atoms with E-state index in [2.05, 4.69) is 48.3 Å². The minimum atomic E-state index is -1.05. The van der Waals surface area contributed by atoms with Crippen molar-refractivity contribution in [2.45, 2.75) is 38.0 Å². The van der Waals surface area contributed by atoms with Crippen LogP contribution in [0.2, 0.25) is 0 Å². The summed E-state index contributed by atoms with van der Waals surface area (Å²) in [5.41, 5.74) is 3.06. The molecule has 2 aromatic carbocycles. The average Bonchev–Trinajstić information content (AvgIpc) is 3.75. The van der Waals surface area contributed by atoms with Gasteiger partial charge in [-0.25, -0.2) is 9.97 Å². The van der Waals surface area contributed by atoms with E-state index in [1.807, 2.05) is 12.1 Å². The van der Waals surface area contributed by atoms with E-state index in [-0.39, 0.29) is 12.0 Å². The topological polar surface area (TPSA) is 140 Å². The van der Waals surface area contributed by atoms with Gasteiger partial charge in [-0.2, -0.15) is 10.2 Å². The summed E-state index contributed by atoms with van der Waals surface area (Å²) >= 11 is 0. The van der Waals surface area contributed by atoms with E-state index in [9.17, 15) is 15.2 Å². The predicted octanol–water partition coefficient (Wildman–Crippen LogP) is 2.43. The summed E-state index contributed by atoms with van der Waals surface area (Å²) in [5, 5.41) is 22.6. The number of carbonyl (C=O) groups excluding carboxylic acids is 1. The van der Waals surface area contributed by atoms with Crippen LogP contribution >= 0.6 is 0 Å². The Morgan fingerprint density at radius 1 is 1.12 bits per heavy atom. The Hall–Kier alpha value is -4.31. The number of carbonyl (C=O) groups is 1. The third-order valence-electron chi connectivity index (χ3n) is 8.26.